The maximum absolute atomic E-state index is 11.8. The molecule has 1 heterocycles. The van der Waals surface area contributed by atoms with Gasteiger partial charge in [0.25, 0.3) is 0 Å². The number of rotatable bonds is 8. The monoisotopic (exact) mass is 388 g/mol. The lowest BCUT2D eigenvalue weighted by molar-refractivity contribution is -0.117. The molecule has 0 spiro atoms. The number of anilines is 1. The van der Waals surface area contributed by atoms with Crippen LogP contribution < -0.4 is 19.7 Å². The molecule has 5 nitrogen and oxygen atoms in total. The van der Waals surface area contributed by atoms with Crippen molar-refractivity contribution in [2.24, 2.45) is 0 Å². The highest BCUT2D eigenvalue weighted by atomic mass is 35.5. The average molecular weight is 389 g/mol. The highest BCUT2D eigenvalue weighted by Gasteiger charge is 2.21. The number of hydrogen-bond donors (Lipinski definition) is 1. The predicted octanol–water partition coefficient (Wildman–Crippen LogP) is 4.16. The van der Waals surface area contributed by atoms with Crippen molar-refractivity contribution >= 4 is 23.2 Å². The molecule has 144 valence electrons. The Morgan fingerprint density at radius 3 is 2.52 bits per heavy atom. The van der Waals surface area contributed by atoms with Crippen molar-refractivity contribution < 1.29 is 14.3 Å². The molecule has 1 fully saturated rings. The Hall–Kier alpha value is -2.24. The van der Waals surface area contributed by atoms with E-state index in [1.54, 1.807) is 7.11 Å². The Balaban J connectivity index is 1.59. The number of carbonyl (C=O) groups excluding carboxylic acids is 1. The third-order valence-corrected chi connectivity index (χ3v) is 4.83. The SMILES string of the molecule is CCOc1cc(CNCc2ccc(N3CCCC3=O)cc2)cc(Cl)c1OC. The molecule has 1 aliphatic rings. The van der Waals surface area contributed by atoms with E-state index in [-0.39, 0.29) is 5.91 Å². The Kier molecular flexibility index (Phi) is 6.58. The van der Waals surface area contributed by atoms with Crippen LogP contribution in [0.1, 0.15) is 30.9 Å². The van der Waals surface area contributed by atoms with E-state index in [4.69, 9.17) is 21.1 Å². The van der Waals surface area contributed by atoms with Gasteiger partial charge in [0.2, 0.25) is 5.91 Å². The quantitative estimate of drug-likeness (QED) is 0.737. The summed E-state index contributed by atoms with van der Waals surface area (Å²) in [5.41, 5.74) is 3.17. The standard InChI is InChI=1S/C21H25ClN2O3/c1-3-27-19-12-16(11-18(22)21(19)26-2)14-23-13-15-6-8-17(9-7-15)24-10-4-5-20(24)25/h6-9,11-12,23H,3-5,10,13-14H2,1-2H3. The van der Waals surface area contributed by atoms with E-state index >= 15 is 0 Å². The van der Waals surface area contributed by atoms with E-state index in [1.165, 1.54) is 0 Å². The number of carbonyl (C=O) groups is 1. The molecule has 6 heteroatoms. The first-order valence-corrected chi connectivity index (χ1v) is 9.59. The van der Waals surface area contributed by atoms with Gasteiger partial charge in [-0.15, -0.1) is 0 Å². The highest BCUT2D eigenvalue weighted by molar-refractivity contribution is 6.32. The molecule has 1 saturated heterocycles. The lowest BCUT2D eigenvalue weighted by Crippen LogP contribution is -2.23. The van der Waals surface area contributed by atoms with Crippen LogP contribution in [0.3, 0.4) is 0 Å². The highest BCUT2D eigenvalue weighted by Crippen LogP contribution is 2.36. The molecule has 0 unspecified atom stereocenters. The molecular formula is C21H25ClN2O3. The summed E-state index contributed by atoms with van der Waals surface area (Å²) in [6, 6.07) is 12.0. The minimum atomic E-state index is 0.211. The summed E-state index contributed by atoms with van der Waals surface area (Å²) < 4.78 is 10.9. The fourth-order valence-electron chi connectivity index (χ4n) is 3.25. The van der Waals surface area contributed by atoms with Crippen molar-refractivity contribution in [2.45, 2.75) is 32.9 Å². The van der Waals surface area contributed by atoms with Gasteiger partial charge in [0.15, 0.2) is 11.5 Å². The van der Waals surface area contributed by atoms with Gasteiger partial charge in [-0.2, -0.15) is 0 Å². The number of benzene rings is 2. The number of halogens is 1. The van der Waals surface area contributed by atoms with E-state index in [1.807, 2.05) is 36.1 Å². The first kappa shape index (κ1) is 19.5. The van der Waals surface area contributed by atoms with Crippen molar-refractivity contribution in [3.05, 3.63) is 52.5 Å². The maximum Gasteiger partial charge on any atom is 0.227 e. The van der Waals surface area contributed by atoms with Crippen LogP contribution in [0.5, 0.6) is 11.5 Å². The Morgan fingerprint density at radius 1 is 1.15 bits per heavy atom. The maximum atomic E-state index is 11.8. The molecule has 0 aromatic heterocycles. The Labute approximate surface area is 165 Å². The van der Waals surface area contributed by atoms with E-state index in [2.05, 4.69) is 17.4 Å². The largest absolute Gasteiger partial charge is 0.491 e. The summed E-state index contributed by atoms with van der Waals surface area (Å²) in [4.78, 5) is 13.7. The molecule has 0 bridgehead atoms. The number of ether oxygens (including phenoxy) is 2. The first-order chi connectivity index (χ1) is 13.1. The van der Waals surface area contributed by atoms with Crippen molar-refractivity contribution in [3.8, 4) is 11.5 Å². The molecule has 1 aliphatic heterocycles. The zero-order valence-corrected chi connectivity index (χ0v) is 16.5. The second-order valence-electron chi connectivity index (χ2n) is 6.46. The van der Waals surface area contributed by atoms with Gasteiger partial charge in [-0.05, 0) is 48.7 Å². The normalized spacial score (nSPS) is 13.9. The Bertz CT molecular complexity index is 793. The van der Waals surface area contributed by atoms with Crippen LogP contribution in [-0.4, -0.2) is 26.2 Å². The number of hydrogen-bond acceptors (Lipinski definition) is 4. The fraction of sp³-hybridized carbons (Fsp3) is 0.381. The summed E-state index contributed by atoms with van der Waals surface area (Å²) in [6.45, 7) is 4.68. The molecule has 27 heavy (non-hydrogen) atoms. The first-order valence-electron chi connectivity index (χ1n) is 9.21. The summed E-state index contributed by atoms with van der Waals surface area (Å²) in [5.74, 6) is 1.43. The second kappa shape index (κ2) is 9.11. The molecule has 0 saturated carbocycles. The molecule has 2 aromatic rings. The third kappa shape index (κ3) is 4.73. The van der Waals surface area contributed by atoms with Gasteiger partial charge in [-0.25, -0.2) is 0 Å². The van der Waals surface area contributed by atoms with E-state index in [9.17, 15) is 4.79 Å². The second-order valence-corrected chi connectivity index (χ2v) is 6.87. The van der Waals surface area contributed by atoms with Gasteiger partial charge in [0.1, 0.15) is 0 Å². The predicted molar refractivity (Wildman–Crippen MR) is 108 cm³/mol. The summed E-state index contributed by atoms with van der Waals surface area (Å²) >= 11 is 6.29. The van der Waals surface area contributed by atoms with Crippen LogP contribution in [0.15, 0.2) is 36.4 Å². The molecule has 0 atom stereocenters. The minimum Gasteiger partial charge on any atom is -0.491 e. The lowest BCUT2D eigenvalue weighted by Gasteiger charge is -2.16. The van der Waals surface area contributed by atoms with Crippen molar-refractivity contribution in [3.63, 3.8) is 0 Å². The van der Waals surface area contributed by atoms with Crippen LogP contribution >= 0.6 is 11.6 Å². The molecule has 1 N–H and O–H groups in total. The smallest absolute Gasteiger partial charge is 0.227 e. The van der Waals surface area contributed by atoms with Gasteiger partial charge < -0.3 is 19.7 Å². The zero-order valence-electron chi connectivity index (χ0n) is 15.8. The van der Waals surface area contributed by atoms with E-state index < -0.39 is 0 Å². The van der Waals surface area contributed by atoms with Crippen molar-refractivity contribution in [1.82, 2.24) is 5.32 Å². The number of methoxy groups -OCH3 is 1. The van der Waals surface area contributed by atoms with Gasteiger partial charge >= 0.3 is 0 Å². The van der Waals surface area contributed by atoms with Crippen LogP contribution in [0.25, 0.3) is 0 Å². The van der Waals surface area contributed by atoms with E-state index in [0.29, 0.717) is 36.1 Å². The molecular weight excluding hydrogens is 364 g/mol. The minimum absolute atomic E-state index is 0.211. The van der Waals surface area contributed by atoms with Crippen LogP contribution in [0.2, 0.25) is 5.02 Å². The summed E-state index contributed by atoms with van der Waals surface area (Å²) in [5, 5.41) is 3.96. The number of nitrogens with zero attached hydrogens (tertiary/aromatic N) is 1. The fourth-order valence-corrected chi connectivity index (χ4v) is 3.56. The van der Waals surface area contributed by atoms with Crippen LogP contribution in [-0.2, 0) is 17.9 Å². The van der Waals surface area contributed by atoms with Gasteiger partial charge in [0.05, 0.1) is 18.7 Å². The summed E-state index contributed by atoms with van der Waals surface area (Å²) in [7, 11) is 1.58. The van der Waals surface area contributed by atoms with Crippen LogP contribution in [0, 0.1) is 0 Å². The summed E-state index contributed by atoms with van der Waals surface area (Å²) in [6.07, 6.45) is 1.59. The lowest BCUT2D eigenvalue weighted by atomic mass is 10.1. The van der Waals surface area contributed by atoms with E-state index in [0.717, 1.165) is 36.3 Å². The third-order valence-electron chi connectivity index (χ3n) is 4.55. The molecule has 2 aromatic carbocycles. The zero-order chi connectivity index (χ0) is 19.2. The average Bonchev–Trinajstić information content (AvgIpc) is 3.08. The van der Waals surface area contributed by atoms with Gasteiger partial charge in [-0.1, -0.05) is 23.7 Å². The topological polar surface area (TPSA) is 50.8 Å². The van der Waals surface area contributed by atoms with Gasteiger partial charge in [0, 0.05) is 31.7 Å². The molecule has 1 amide bonds. The van der Waals surface area contributed by atoms with Crippen molar-refractivity contribution in [1.29, 1.82) is 0 Å². The Morgan fingerprint density at radius 2 is 1.89 bits per heavy atom. The number of nitrogens with one attached hydrogen (secondary N) is 1. The molecule has 0 aliphatic carbocycles. The van der Waals surface area contributed by atoms with Crippen LogP contribution in [0.4, 0.5) is 5.69 Å². The van der Waals surface area contributed by atoms with Gasteiger partial charge in [-0.3, -0.25) is 4.79 Å². The molecule has 3 rings (SSSR count). The number of amides is 1. The molecule has 0 radical (unpaired) electrons. The van der Waals surface area contributed by atoms with Crippen molar-refractivity contribution in [2.75, 3.05) is 25.2 Å².